The van der Waals surface area contributed by atoms with Gasteiger partial charge in [-0.05, 0) is 12.1 Å². The molecule has 2 N–H and O–H groups in total. The number of hydrogen-bond donors (Lipinski definition) is 2. The Bertz CT molecular complexity index is 486. The van der Waals surface area contributed by atoms with Crippen LogP contribution < -0.4 is 15.4 Å². The van der Waals surface area contributed by atoms with Crippen LogP contribution in [0.25, 0.3) is 0 Å². The first-order valence-electron chi connectivity index (χ1n) is 6.82. The summed E-state index contributed by atoms with van der Waals surface area (Å²) in [7, 11) is 0. The zero-order chi connectivity index (χ0) is 13.8. The van der Waals surface area contributed by atoms with Crippen LogP contribution in [0, 0.1) is 0 Å². The van der Waals surface area contributed by atoms with Crippen molar-refractivity contribution < 1.29 is 19.0 Å². The summed E-state index contributed by atoms with van der Waals surface area (Å²) in [6, 6.07) is 5.51. The third-order valence-electron chi connectivity index (χ3n) is 3.30. The van der Waals surface area contributed by atoms with E-state index in [2.05, 4.69) is 10.6 Å². The molecule has 1 saturated heterocycles. The molecule has 2 aliphatic heterocycles. The van der Waals surface area contributed by atoms with E-state index in [9.17, 15) is 4.79 Å². The molecule has 1 aromatic rings. The van der Waals surface area contributed by atoms with Crippen molar-refractivity contribution in [1.82, 2.24) is 5.32 Å². The molecule has 2 heterocycles. The van der Waals surface area contributed by atoms with Crippen LogP contribution in [0.4, 0.5) is 5.69 Å². The number of rotatable bonds is 3. The van der Waals surface area contributed by atoms with E-state index < -0.39 is 0 Å². The predicted octanol–water partition coefficient (Wildman–Crippen LogP) is 0.636. The summed E-state index contributed by atoms with van der Waals surface area (Å²) in [6.45, 7) is 3.48. The van der Waals surface area contributed by atoms with Crippen LogP contribution in [0.15, 0.2) is 18.2 Å². The van der Waals surface area contributed by atoms with Gasteiger partial charge in [0.2, 0.25) is 0 Å². The van der Waals surface area contributed by atoms with E-state index in [0.717, 1.165) is 12.2 Å². The van der Waals surface area contributed by atoms with Gasteiger partial charge >= 0.3 is 0 Å². The molecule has 1 atom stereocenters. The normalized spacial score (nSPS) is 21.3. The number of nitrogens with one attached hydrogen (secondary N) is 2. The summed E-state index contributed by atoms with van der Waals surface area (Å²) in [5.41, 5.74) is 1.41. The molecule has 3 rings (SSSR count). The van der Waals surface area contributed by atoms with E-state index in [1.54, 1.807) is 6.07 Å². The van der Waals surface area contributed by atoms with Crippen molar-refractivity contribution in [1.29, 1.82) is 0 Å². The first-order chi connectivity index (χ1) is 9.84. The number of benzene rings is 1. The van der Waals surface area contributed by atoms with Crippen LogP contribution in [-0.2, 0) is 9.47 Å². The van der Waals surface area contributed by atoms with Crippen LogP contribution in [0.1, 0.15) is 10.4 Å². The minimum Gasteiger partial charge on any atom is -0.489 e. The Labute approximate surface area is 117 Å². The number of hydrogen-bond acceptors (Lipinski definition) is 5. The minimum atomic E-state index is -0.153. The first kappa shape index (κ1) is 13.2. The zero-order valence-corrected chi connectivity index (χ0v) is 11.2. The molecule has 1 fully saturated rings. The van der Waals surface area contributed by atoms with Crippen molar-refractivity contribution >= 4 is 11.6 Å². The van der Waals surface area contributed by atoms with Gasteiger partial charge in [-0.2, -0.15) is 0 Å². The average Bonchev–Trinajstić information content (AvgIpc) is 2.53. The monoisotopic (exact) mass is 278 g/mol. The Morgan fingerprint density at radius 3 is 3.15 bits per heavy atom. The highest BCUT2D eigenvalue weighted by atomic mass is 16.6. The maximum Gasteiger partial charge on any atom is 0.255 e. The molecular weight excluding hydrogens is 260 g/mol. The number of ether oxygens (including phenoxy) is 3. The predicted molar refractivity (Wildman–Crippen MR) is 73.3 cm³/mol. The maximum atomic E-state index is 12.2. The van der Waals surface area contributed by atoms with Crippen LogP contribution in [-0.4, -0.2) is 51.5 Å². The number of fused-ring (bicyclic) bond motifs is 1. The fourth-order valence-corrected chi connectivity index (χ4v) is 2.31. The number of para-hydroxylation sites is 1. The molecule has 0 bridgehead atoms. The lowest BCUT2D eigenvalue weighted by molar-refractivity contribution is -0.0855. The average molecular weight is 278 g/mol. The molecule has 0 spiro atoms. The van der Waals surface area contributed by atoms with Gasteiger partial charge in [-0.25, -0.2) is 0 Å². The van der Waals surface area contributed by atoms with Crippen molar-refractivity contribution in [2.24, 2.45) is 0 Å². The van der Waals surface area contributed by atoms with E-state index >= 15 is 0 Å². The second-order valence-electron chi connectivity index (χ2n) is 4.74. The van der Waals surface area contributed by atoms with Gasteiger partial charge < -0.3 is 24.8 Å². The maximum absolute atomic E-state index is 12.2. The highest BCUT2D eigenvalue weighted by Crippen LogP contribution is 2.30. The lowest BCUT2D eigenvalue weighted by atomic mass is 10.1. The first-order valence-corrected chi connectivity index (χ1v) is 6.82. The summed E-state index contributed by atoms with van der Waals surface area (Å²) < 4.78 is 16.4. The van der Waals surface area contributed by atoms with Gasteiger partial charge in [-0.15, -0.1) is 0 Å². The van der Waals surface area contributed by atoms with Crippen molar-refractivity contribution in [2.75, 3.05) is 44.8 Å². The number of amides is 1. The Hall–Kier alpha value is -1.79. The Morgan fingerprint density at radius 2 is 2.30 bits per heavy atom. The summed E-state index contributed by atoms with van der Waals surface area (Å²) >= 11 is 0. The number of carbonyl (C=O) groups excluding carboxylic acids is 1. The van der Waals surface area contributed by atoms with Crippen molar-refractivity contribution in [2.45, 2.75) is 6.10 Å². The fraction of sp³-hybridized carbons (Fsp3) is 0.500. The van der Waals surface area contributed by atoms with E-state index in [1.807, 2.05) is 12.1 Å². The van der Waals surface area contributed by atoms with Gasteiger partial charge in [-0.1, -0.05) is 6.07 Å². The third kappa shape index (κ3) is 2.86. The minimum absolute atomic E-state index is 0.0775. The van der Waals surface area contributed by atoms with Crippen LogP contribution in [0.3, 0.4) is 0 Å². The molecule has 0 aromatic heterocycles. The quantitative estimate of drug-likeness (QED) is 0.849. The molecule has 108 valence electrons. The topological polar surface area (TPSA) is 68.8 Å². The highest BCUT2D eigenvalue weighted by molar-refractivity contribution is 5.99. The standard InChI is InChI=1S/C14H18N2O4/c17-14(16-8-10-9-18-6-7-19-10)11-2-1-3-12-13(11)20-5-4-15-12/h1-3,10,15H,4-9H2,(H,16,17). The highest BCUT2D eigenvalue weighted by Gasteiger charge is 2.20. The Morgan fingerprint density at radius 1 is 1.35 bits per heavy atom. The van der Waals surface area contributed by atoms with Gasteiger partial charge in [-0.3, -0.25) is 4.79 Å². The van der Waals surface area contributed by atoms with Gasteiger partial charge in [0.1, 0.15) is 6.61 Å². The summed E-state index contributed by atoms with van der Waals surface area (Å²) in [5.74, 6) is 0.469. The van der Waals surface area contributed by atoms with E-state index in [4.69, 9.17) is 14.2 Å². The Balaban J connectivity index is 1.64. The smallest absolute Gasteiger partial charge is 0.255 e. The van der Waals surface area contributed by atoms with Crippen LogP contribution >= 0.6 is 0 Å². The van der Waals surface area contributed by atoms with Crippen LogP contribution in [0.2, 0.25) is 0 Å². The summed E-state index contributed by atoms with van der Waals surface area (Å²) in [4.78, 5) is 12.2. The molecule has 2 aliphatic rings. The zero-order valence-electron chi connectivity index (χ0n) is 11.2. The van der Waals surface area contributed by atoms with Gasteiger partial charge in [0, 0.05) is 13.1 Å². The SMILES string of the molecule is O=C(NCC1COCCO1)c1cccc2c1OCCN2. The molecule has 1 aromatic carbocycles. The molecule has 0 aliphatic carbocycles. The van der Waals surface area contributed by atoms with Crippen LogP contribution in [0.5, 0.6) is 5.75 Å². The summed E-state index contributed by atoms with van der Waals surface area (Å²) in [5, 5.41) is 6.08. The second-order valence-corrected chi connectivity index (χ2v) is 4.74. The molecule has 0 radical (unpaired) electrons. The van der Waals surface area contributed by atoms with Crippen molar-refractivity contribution in [3.8, 4) is 5.75 Å². The molecule has 20 heavy (non-hydrogen) atoms. The van der Waals surface area contributed by atoms with E-state index in [0.29, 0.717) is 44.3 Å². The van der Waals surface area contributed by atoms with E-state index in [-0.39, 0.29) is 12.0 Å². The lowest BCUT2D eigenvalue weighted by Gasteiger charge is -2.24. The van der Waals surface area contributed by atoms with E-state index in [1.165, 1.54) is 0 Å². The molecular formula is C14H18N2O4. The molecule has 0 saturated carbocycles. The molecule has 1 amide bonds. The third-order valence-corrected chi connectivity index (χ3v) is 3.30. The number of carbonyl (C=O) groups is 1. The molecule has 6 heteroatoms. The van der Waals surface area contributed by atoms with Gasteiger partial charge in [0.25, 0.3) is 5.91 Å². The van der Waals surface area contributed by atoms with Gasteiger partial charge in [0.15, 0.2) is 5.75 Å². The largest absolute Gasteiger partial charge is 0.489 e. The number of anilines is 1. The van der Waals surface area contributed by atoms with Crippen molar-refractivity contribution in [3.63, 3.8) is 0 Å². The van der Waals surface area contributed by atoms with Gasteiger partial charge in [0.05, 0.1) is 37.2 Å². The fourth-order valence-electron chi connectivity index (χ4n) is 2.31. The second kappa shape index (κ2) is 6.11. The Kier molecular flexibility index (Phi) is 4.03. The molecule has 1 unspecified atom stereocenters. The van der Waals surface area contributed by atoms with Crippen molar-refractivity contribution in [3.05, 3.63) is 23.8 Å². The molecule has 6 nitrogen and oxygen atoms in total. The lowest BCUT2D eigenvalue weighted by Crippen LogP contribution is -2.40. The summed E-state index contributed by atoms with van der Waals surface area (Å²) in [6.07, 6.45) is -0.0775.